The van der Waals surface area contributed by atoms with Gasteiger partial charge in [-0.1, -0.05) is 0 Å². The van der Waals surface area contributed by atoms with E-state index < -0.39 is 0 Å². The zero-order valence-corrected chi connectivity index (χ0v) is 11.2. The summed E-state index contributed by atoms with van der Waals surface area (Å²) in [6.07, 6.45) is 0.0946. The summed E-state index contributed by atoms with van der Waals surface area (Å²) < 4.78 is 10.3. The van der Waals surface area contributed by atoms with Crippen LogP contribution in [-0.4, -0.2) is 36.8 Å². The molecule has 1 aromatic rings. The molecule has 0 aliphatic carbocycles. The van der Waals surface area contributed by atoms with Crippen molar-refractivity contribution in [2.45, 2.75) is 26.9 Å². The van der Waals surface area contributed by atoms with E-state index in [4.69, 9.17) is 9.47 Å². The van der Waals surface area contributed by atoms with Crippen molar-refractivity contribution in [3.8, 4) is 0 Å². The van der Waals surface area contributed by atoms with Crippen LogP contribution in [0.25, 0.3) is 0 Å². The fraction of sp³-hybridized carbons (Fsp3) is 0.636. The zero-order valence-electron chi connectivity index (χ0n) is 10.4. The number of nitrogens with zero attached hydrogens (tertiary/aromatic N) is 1. The summed E-state index contributed by atoms with van der Waals surface area (Å²) >= 11 is 1.39. The minimum Gasteiger partial charge on any atom is -0.461 e. The summed E-state index contributed by atoms with van der Waals surface area (Å²) in [4.78, 5) is 15.5. The van der Waals surface area contributed by atoms with Gasteiger partial charge < -0.3 is 14.8 Å². The molecule has 1 N–H and O–H groups in total. The van der Waals surface area contributed by atoms with Gasteiger partial charge in [-0.05, 0) is 20.8 Å². The molecule has 0 aromatic carbocycles. The predicted molar refractivity (Wildman–Crippen MR) is 67.6 cm³/mol. The standard InChI is InChI=1S/C11H18N2O3S/c1-4-15-8(3)6-12-10-9(13-7-17-10)11(14)16-5-2/h7-8,12H,4-6H2,1-3H3. The minimum absolute atomic E-state index is 0.0946. The Morgan fingerprint density at radius 1 is 1.53 bits per heavy atom. The molecule has 0 saturated carbocycles. The van der Waals surface area contributed by atoms with Crippen molar-refractivity contribution in [1.29, 1.82) is 0 Å². The van der Waals surface area contributed by atoms with Gasteiger partial charge in [-0.2, -0.15) is 0 Å². The molecule has 1 rings (SSSR count). The lowest BCUT2D eigenvalue weighted by Crippen LogP contribution is -2.20. The Bertz CT molecular complexity index is 354. The predicted octanol–water partition coefficient (Wildman–Crippen LogP) is 2.16. The van der Waals surface area contributed by atoms with Gasteiger partial charge in [0.2, 0.25) is 0 Å². The lowest BCUT2D eigenvalue weighted by molar-refractivity contribution is 0.0521. The third-order valence-electron chi connectivity index (χ3n) is 2.04. The van der Waals surface area contributed by atoms with E-state index in [1.54, 1.807) is 12.4 Å². The number of nitrogens with one attached hydrogen (secondary N) is 1. The van der Waals surface area contributed by atoms with Crippen LogP contribution < -0.4 is 5.32 Å². The maximum Gasteiger partial charge on any atom is 0.360 e. The second-order valence-electron chi connectivity index (χ2n) is 3.40. The van der Waals surface area contributed by atoms with Gasteiger partial charge in [0.05, 0.1) is 18.2 Å². The van der Waals surface area contributed by atoms with E-state index >= 15 is 0 Å². The fourth-order valence-corrected chi connectivity index (χ4v) is 1.97. The van der Waals surface area contributed by atoms with Gasteiger partial charge in [0.15, 0.2) is 5.69 Å². The van der Waals surface area contributed by atoms with Crippen LogP contribution in [-0.2, 0) is 9.47 Å². The highest BCUT2D eigenvalue weighted by atomic mass is 32.1. The Morgan fingerprint density at radius 3 is 2.94 bits per heavy atom. The average Bonchev–Trinajstić information content (AvgIpc) is 2.75. The molecule has 5 nitrogen and oxygen atoms in total. The molecule has 0 bridgehead atoms. The molecule has 6 heteroatoms. The van der Waals surface area contributed by atoms with Crippen molar-refractivity contribution in [2.75, 3.05) is 25.1 Å². The molecular formula is C11H18N2O3S. The molecular weight excluding hydrogens is 240 g/mol. The van der Waals surface area contributed by atoms with Crippen molar-refractivity contribution in [3.63, 3.8) is 0 Å². The van der Waals surface area contributed by atoms with Crippen molar-refractivity contribution in [3.05, 3.63) is 11.2 Å². The number of hydrogen-bond donors (Lipinski definition) is 1. The van der Waals surface area contributed by atoms with E-state index in [-0.39, 0.29) is 12.1 Å². The zero-order chi connectivity index (χ0) is 12.7. The number of ether oxygens (including phenoxy) is 2. The second kappa shape index (κ2) is 7.24. The van der Waals surface area contributed by atoms with Crippen LogP contribution in [0.5, 0.6) is 0 Å². The number of rotatable bonds is 7. The molecule has 96 valence electrons. The Balaban J connectivity index is 2.54. The third kappa shape index (κ3) is 4.32. The summed E-state index contributed by atoms with van der Waals surface area (Å²) in [5, 5.41) is 3.88. The molecule has 1 heterocycles. The van der Waals surface area contributed by atoms with Crippen molar-refractivity contribution < 1.29 is 14.3 Å². The van der Waals surface area contributed by atoms with Gasteiger partial charge in [0, 0.05) is 13.2 Å². The number of anilines is 1. The smallest absolute Gasteiger partial charge is 0.360 e. The van der Waals surface area contributed by atoms with E-state index in [1.807, 2.05) is 13.8 Å². The maximum absolute atomic E-state index is 11.5. The van der Waals surface area contributed by atoms with E-state index in [2.05, 4.69) is 10.3 Å². The van der Waals surface area contributed by atoms with Gasteiger partial charge >= 0.3 is 5.97 Å². The van der Waals surface area contributed by atoms with Crippen LogP contribution in [0.15, 0.2) is 5.51 Å². The summed E-state index contributed by atoms with van der Waals surface area (Å²) in [6, 6.07) is 0. The molecule has 1 atom stereocenters. The Hall–Kier alpha value is -1.14. The average molecular weight is 258 g/mol. The number of thiazole rings is 1. The van der Waals surface area contributed by atoms with E-state index in [0.717, 1.165) is 5.00 Å². The van der Waals surface area contributed by atoms with Crippen LogP contribution in [0.2, 0.25) is 0 Å². The number of hydrogen-bond acceptors (Lipinski definition) is 6. The summed E-state index contributed by atoms with van der Waals surface area (Å²) in [5.74, 6) is -0.389. The van der Waals surface area contributed by atoms with Crippen molar-refractivity contribution in [1.82, 2.24) is 4.98 Å². The van der Waals surface area contributed by atoms with Gasteiger partial charge in [0.1, 0.15) is 5.00 Å². The van der Waals surface area contributed by atoms with Crippen LogP contribution >= 0.6 is 11.3 Å². The van der Waals surface area contributed by atoms with Crippen molar-refractivity contribution in [2.24, 2.45) is 0 Å². The second-order valence-corrected chi connectivity index (χ2v) is 4.25. The highest BCUT2D eigenvalue weighted by Crippen LogP contribution is 2.21. The highest BCUT2D eigenvalue weighted by Gasteiger charge is 2.16. The lowest BCUT2D eigenvalue weighted by Gasteiger charge is -2.12. The summed E-state index contributed by atoms with van der Waals surface area (Å²) in [5.41, 5.74) is 1.97. The van der Waals surface area contributed by atoms with Gasteiger partial charge in [-0.3, -0.25) is 0 Å². The minimum atomic E-state index is -0.389. The number of esters is 1. The molecule has 0 fully saturated rings. The van der Waals surface area contributed by atoms with E-state index in [9.17, 15) is 4.79 Å². The molecule has 0 saturated heterocycles. The molecule has 1 unspecified atom stereocenters. The molecule has 0 spiro atoms. The monoisotopic (exact) mass is 258 g/mol. The molecule has 17 heavy (non-hydrogen) atoms. The number of aromatic nitrogens is 1. The molecule has 1 aromatic heterocycles. The van der Waals surface area contributed by atoms with Gasteiger partial charge in [-0.15, -0.1) is 11.3 Å². The number of carbonyl (C=O) groups is 1. The van der Waals surface area contributed by atoms with E-state index in [0.29, 0.717) is 25.5 Å². The van der Waals surface area contributed by atoms with Crippen LogP contribution in [0.1, 0.15) is 31.3 Å². The normalized spacial score (nSPS) is 12.2. The molecule has 0 amide bonds. The Morgan fingerprint density at radius 2 is 2.29 bits per heavy atom. The Labute approximate surface area is 105 Å². The molecule has 0 aliphatic rings. The lowest BCUT2D eigenvalue weighted by atomic mass is 10.4. The first-order chi connectivity index (χ1) is 8.19. The van der Waals surface area contributed by atoms with E-state index in [1.165, 1.54) is 11.3 Å². The Kier molecular flexibility index (Phi) is 5.93. The van der Waals surface area contributed by atoms with Crippen LogP contribution in [0, 0.1) is 0 Å². The molecule has 0 radical (unpaired) electrons. The first-order valence-electron chi connectivity index (χ1n) is 5.65. The maximum atomic E-state index is 11.5. The van der Waals surface area contributed by atoms with Gasteiger partial charge in [0.25, 0.3) is 0 Å². The summed E-state index contributed by atoms with van der Waals surface area (Å²) in [6.45, 7) is 7.37. The topological polar surface area (TPSA) is 60.5 Å². The van der Waals surface area contributed by atoms with Crippen molar-refractivity contribution >= 4 is 22.3 Å². The third-order valence-corrected chi connectivity index (χ3v) is 2.82. The largest absolute Gasteiger partial charge is 0.461 e. The first-order valence-corrected chi connectivity index (χ1v) is 6.53. The SMILES string of the molecule is CCOC(=O)c1ncsc1NCC(C)OCC. The first kappa shape index (κ1) is 13.9. The fourth-order valence-electron chi connectivity index (χ4n) is 1.30. The highest BCUT2D eigenvalue weighted by molar-refractivity contribution is 7.14. The molecule has 0 aliphatic heterocycles. The number of carbonyl (C=O) groups excluding carboxylic acids is 1. The summed E-state index contributed by atoms with van der Waals surface area (Å²) in [7, 11) is 0. The quantitative estimate of drug-likeness (QED) is 0.759. The van der Waals surface area contributed by atoms with Crippen LogP contribution in [0.4, 0.5) is 5.00 Å². The van der Waals surface area contributed by atoms with Gasteiger partial charge in [-0.25, -0.2) is 9.78 Å². The van der Waals surface area contributed by atoms with Crippen LogP contribution in [0.3, 0.4) is 0 Å².